The lowest BCUT2D eigenvalue weighted by Gasteiger charge is -2.54. The van der Waals surface area contributed by atoms with Gasteiger partial charge >= 0.3 is 11.9 Å². The van der Waals surface area contributed by atoms with Gasteiger partial charge in [-0.15, -0.1) is 0 Å². The van der Waals surface area contributed by atoms with Crippen molar-refractivity contribution in [3.63, 3.8) is 0 Å². The lowest BCUT2D eigenvalue weighted by molar-refractivity contribution is -0.201. The molecule has 4 heterocycles. The number of epoxide rings is 1. The number of hydrogen-bond donors (Lipinski definition) is 3. The molecule has 214 valence electrons. The van der Waals surface area contributed by atoms with E-state index in [-0.39, 0.29) is 30.0 Å². The molecule has 3 aliphatic heterocycles. The van der Waals surface area contributed by atoms with E-state index in [2.05, 4.69) is 4.98 Å². The number of fused-ring (bicyclic) bond motifs is 5. The van der Waals surface area contributed by atoms with Crippen LogP contribution in [-0.4, -0.2) is 88.2 Å². The van der Waals surface area contributed by atoms with Crippen molar-refractivity contribution in [2.24, 2.45) is 23.7 Å². The van der Waals surface area contributed by atoms with E-state index in [1.54, 1.807) is 32.2 Å². The van der Waals surface area contributed by atoms with Crippen LogP contribution in [-0.2, 0) is 28.5 Å². The largest absolute Gasteiger partial charge is 0.457 e. The van der Waals surface area contributed by atoms with Crippen molar-refractivity contribution in [2.75, 3.05) is 7.11 Å². The van der Waals surface area contributed by atoms with E-state index in [4.69, 9.17) is 23.7 Å². The van der Waals surface area contributed by atoms with Gasteiger partial charge in [0.15, 0.2) is 5.60 Å². The number of esters is 2. The lowest BCUT2D eigenvalue weighted by Crippen LogP contribution is -2.63. The van der Waals surface area contributed by atoms with Crippen molar-refractivity contribution in [1.29, 1.82) is 0 Å². The summed E-state index contributed by atoms with van der Waals surface area (Å²) in [4.78, 5) is 29.4. The first kappa shape index (κ1) is 27.0. The molecule has 10 heteroatoms. The van der Waals surface area contributed by atoms with Crippen LogP contribution in [0.1, 0.15) is 57.9 Å². The molecule has 2 bridgehead atoms. The van der Waals surface area contributed by atoms with E-state index in [0.29, 0.717) is 18.5 Å². The standard InChI is InChI=1S/C29H39NO9/c1-12(15(4)31)22(37-26(33)19-8-7-9-30-19)24-17-10-28(39-24)14(3)20-13(2)21(16(5)32)38-27(34)29(20,35-6)11-18(28)25-23(17)36-25/h7-9,12-13,15-18,21-25,30-32H,10-11H2,1-6H3/t12-,13-,15+,16-,17+,18+,21+,22-,23-,24-,25+,28+,29-/m1/s1. The Hall–Kier alpha value is -2.24. The highest BCUT2D eigenvalue weighted by molar-refractivity contribution is 5.87. The maximum Gasteiger partial charge on any atom is 0.355 e. The van der Waals surface area contributed by atoms with E-state index in [1.807, 2.05) is 20.8 Å². The lowest BCUT2D eigenvalue weighted by atomic mass is 9.56. The molecule has 3 N–H and O–H groups in total. The monoisotopic (exact) mass is 545 g/mol. The zero-order valence-corrected chi connectivity index (χ0v) is 23.2. The number of aliphatic hydroxyl groups excluding tert-OH is 2. The average Bonchev–Trinajstić information content (AvgIpc) is 3.34. The van der Waals surface area contributed by atoms with Crippen LogP contribution in [0.5, 0.6) is 0 Å². The molecular weight excluding hydrogens is 506 g/mol. The molecule has 6 rings (SSSR count). The van der Waals surface area contributed by atoms with Crippen LogP contribution >= 0.6 is 0 Å². The van der Waals surface area contributed by atoms with Crippen LogP contribution in [0.15, 0.2) is 29.5 Å². The summed E-state index contributed by atoms with van der Waals surface area (Å²) in [7, 11) is 1.53. The number of carbonyl (C=O) groups is 2. The molecule has 10 nitrogen and oxygen atoms in total. The van der Waals surface area contributed by atoms with Crippen LogP contribution in [0.25, 0.3) is 0 Å². The van der Waals surface area contributed by atoms with Gasteiger partial charge in [0.1, 0.15) is 24.0 Å². The minimum Gasteiger partial charge on any atom is -0.457 e. The molecule has 13 atom stereocenters. The zero-order chi connectivity index (χ0) is 28.0. The number of aromatic amines is 1. The maximum atomic E-state index is 13.5. The summed E-state index contributed by atoms with van der Waals surface area (Å²) in [6, 6.07) is 3.38. The van der Waals surface area contributed by atoms with E-state index in [0.717, 1.165) is 11.1 Å². The van der Waals surface area contributed by atoms with Crippen LogP contribution < -0.4 is 0 Å². The van der Waals surface area contributed by atoms with Crippen molar-refractivity contribution in [3.05, 3.63) is 35.2 Å². The number of methoxy groups -OCH3 is 1. The predicted molar refractivity (Wildman–Crippen MR) is 136 cm³/mol. The molecule has 5 aliphatic rings. The molecule has 0 amide bonds. The molecule has 0 unspecified atom stereocenters. The Morgan fingerprint density at radius 3 is 2.54 bits per heavy atom. The first-order valence-electron chi connectivity index (χ1n) is 14.0. The van der Waals surface area contributed by atoms with Gasteiger partial charge in [-0.25, -0.2) is 9.59 Å². The summed E-state index contributed by atoms with van der Waals surface area (Å²) < 4.78 is 31.1. The van der Waals surface area contributed by atoms with Gasteiger partial charge < -0.3 is 38.9 Å². The number of aliphatic hydroxyl groups is 2. The van der Waals surface area contributed by atoms with Gasteiger partial charge in [-0.2, -0.15) is 0 Å². The first-order valence-corrected chi connectivity index (χ1v) is 14.0. The van der Waals surface area contributed by atoms with Crippen LogP contribution in [0.2, 0.25) is 0 Å². The highest BCUT2D eigenvalue weighted by Gasteiger charge is 2.75. The predicted octanol–water partition coefficient (Wildman–Crippen LogP) is 2.15. The Morgan fingerprint density at radius 2 is 1.92 bits per heavy atom. The fourth-order valence-electron chi connectivity index (χ4n) is 8.09. The number of aromatic nitrogens is 1. The third-order valence-corrected chi connectivity index (χ3v) is 10.3. The van der Waals surface area contributed by atoms with Gasteiger partial charge in [-0.3, -0.25) is 0 Å². The van der Waals surface area contributed by atoms with Gasteiger partial charge in [0.05, 0.1) is 30.0 Å². The van der Waals surface area contributed by atoms with Gasteiger partial charge in [0, 0.05) is 37.0 Å². The highest BCUT2D eigenvalue weighted by Crippen LogP contribution is 2.66. The summed E-state index contributed by atoms with van der Waals surface area (Å²) >= 11 is 0. The number of ether oxygens (including phenoxy) is 5. The van der Waals surface area contributed by atoms with Crippen molar-refractivity contribution >= 4 is 11.9 Å². The summed E-state index contributed by atoms with van der Waals surface area (Å²) in [5, 5.41) is 21.0. The van der Waals surface area contributed by atoms with E-state index in [9.17, 15) is 19.8 Å². The summed E-state index contributed by atoms with van der Waals surface area (Å²) in [6.07, 6.45) is -1.13. The quantitative estimate of drug-likeness (QED) is 0.267. The molecule has 0 aromatic carbocycles. The molecule has 1 spiro atoms. The Kier molecular flexibility index (Phi) is 6.32. The third-order valence-electron chi connectivity index (χ3n) is 10.3. The van der Waals surface area contributed by atoms with Crippen LogP contribution in [0, 0.1) is 23.7 Å². The number of nitrogens with one attached hydrogen (secondary N) is 1. The minimum atomic E-state index is -1.28. The van der Waals surface area contributed by atoms with Crippen molar-refractivity contribution in [1.82, 2.24) is 4.98 Å². The van der Waals surface area contributed by atoms with Gasteiger partial charge in [0.2, 0.25) is 0 Å². The fraction of sp³-hybridized carbons (Fsp3) is 0.724. The Labute approximate surface area is 228 Å². The first-order chi connectivity index (χ1) is 18.5. The van der Waals surface area contributed by atoms with Gasteiger partial charge in [-0.05, 0) is 56.9 Å². The molecule has 0 radical (unpaired) electrons. The van der Waals surface area contributed by atoms with E-state index < -0.39 is 59.6 Å². The second kappa shape index (κ2) is 9.14. The SMILES string of the molecule is CO[C@]12C[C@H]3[C@@H]4O[C@@H]4[C@@H]4C[C@]3(O[C@H]4[C@H](OC(=O)c3ccc[nH]3)[C@H](C)[C@H](C)O)C(C)=C1[C@@H](C)[C@@H]([C@@H](C)O)OC2=O. The number of H-pyrrole nitrogens is 1. The topological polar surface area (TPSA) is 140 Å². The summed E-state index contributed by atoms with van der Waals surface area (Å²) in [6.45, 7) is 9.11. The fourth-order valence-corrected chi connectivity index (χ4v) is 8.09. The Morgan fingerprint density at radius 1 is 1.18 bits per heavy atom. The number of carbonyl (C=O) groups excluding carboxylic acids is 2. The van der Waals surface area contributed by atoms with Gasteiger partial charge in [0.25, 0.3) is 0 Å². The second-order valence-electron chi connectivity index (χ2n) is 12.2. The van der Waals surface area contributed by atoms with Crippen molar-refractivity contribution in [2.45, 2.75) is 101 Å². The third kappa shape index (κ3) is 3.71. The van der Waals surface area contributed by atoms with Crippen LogP contribution in [0.3, 0.4) is 0 Å². The molecule has 1 aromatic heterocycles. The molecular formula is C29H39NO9. The highest BCUT2D eigenvalue weighted by atomic mass is 16.6. The normalized spacial score (nSPS) is 43.4. The molecule has 4 fully saturated rings. The molecule has 39 heavy (non-hydrogen) atoms. The number of rotatable bonds is 7. The Balaban J connectivity index is 1.42. The van der Waals surface area contributed by atoms with Crippen LogP contribution in [0.4, 0.5) is 0 Å². The van der Waals surface area contributed by atoms with Gasteiger partial charge in [-0.1, -0.05) is 13.8 Å². The average molecular weight is 546 g/mol. The number of cyclic esters (lactones) is 1. The second-order valence-corrected chi connectivity index (χ2v) is 12.2. The van der Waals surface area contributed by atoms with Crippen molar-refractivity contribution in [3.8, 4) is 0 Å². The minimum absolute atomic E-state index is 0.0575. The molecule has 3 saturated heterocycles. The van der Waals surface area contributed by atoms with E-state index >= 15 is 0 Å². The smallest absolute Gasteiger partial charge is 0.355 e. The molecule has 1 aromatic rings. The maximum absolute atomic E-state index is 13.5. The summed E-state index contributed by atoms with van der Waals surface area (Å²) in [5.41, 5.74) is -0.00643. The van der Waals surface area contributed by atoms with E-state index in [1.165, 1.54) is 7.11 Å². The Bertz CT molecular complexity index is 1180. The zero-order valence-electron chi connectivity index (χ0n) is 23.2. The molecule has 2 aliphatic carbocycles. The molecule has 1 saturated carbocycles. The van der Waals surface area contributed by atoms with Crippen molar-refractivity contribution < 1.29 is 43.5 Å². The summed E-state index contributed by atoms with van der Waals surface area (Å²) in [5.74, 6) is -1.93. The number of hydrogen-bond acceptors (Lipinski definition) is 9.